The Balaban J connectivity index is 2.62. The third-order valence-corrected chi connectivity index (χ3v) is 4.11. The summed E-state index contributed by atoms with van der Waals surface area (Å²) in [4.78, 5) is 12.4. The molecule has 4 heteroatoms. The lowest BCUT2D eigenvalue weighted by atomic mass is 10.1. The second-order valence-electron chi connectivity index (χ2n) is 4.67. The van der Waals surface area contributed by atoms with Crippen LogP contribution in [0, 0.1) is 6.92 Å². The van der Waals surface area contributed by atoms with Crippen molar-refractivity contribution >= 4 is 17.7 Å². The zero-order chi connectivity index (χ0) is 13.6. The molecule has 0 heterocycles. The quantitative estimate of drug-likeness (QED) is 0.746. The Bertz CT molecular complexity index is 391. The molecule has 0 spiro atoms. The number of thioether (sulfide) groups is 1. The number of carbonyl (C=O) groups is 1. The van der Waals surface area contributed by atoms with Gasteiger partial charge < -0.3 is 10.4 Å². The van der Waals surface area contributed by atoms with Gasteiger partial charge in [0.2, 0.25) is 0 Å². The third kappa shape index (κ3) is 4.35. The summed E-state index contributed by atoms with van der Waals surface area (Å²) in [6.45, 7) is 6.53. The van der Waals surface area contributed by atoms with E-state index >= 15 is 0 Å². The summed E-state index contributed by atoms with van der Waals surface area (Å²) in [5.74, 6) is -0.277. The zero-order valence-electron chi connectivity index (χ0n) is 11.2. The fourth-order valence-corrected chi connectivity index (χ4v) is 2.46. The van der Waals surface area contributed by atoms with Crippen molar-refractivity contribution in [1.29, 1.82) is 0 Å². The molecule has 0 saturated heterocycles. The van der Waals surface area contributed by atoms with E-state index in [4.69, 9.17) is 0 Å². The van der Waals surface area contributed by atoms with Crippen LogP contribution >= 0.6 is 11.8 Å². The Labute approximate surface area is 113 Å². The summed E-state index contributed by atoms with van der Waals surface area (Å²) in [6, 6.07) is 8.14. The van der Waals surface area contributed by atoms with Crippen LogP contribution in [0.2, 0.25) is 0 Å². The van der Waals surface area contributed by atoms with Crippen molar-refractivity contribution in [2.45, 2.75) is 37.6 Å². The molecule has 1 aromatic carbocycles. The van der Waals surface area contributed by atoms with Gasteiger partial charge in [-0.05, 0) is 38.9 Å². The minimum absolute atomic E-state index is 0.519. The van der Waals surface area contributed by atoms with Gasteiger partial charge in [-0.15, -0.1) is 11.8 Å². The van der Waals surface area contributed by atoms with Gasteiger partial charge in [-0.25, -0.2) is 0 Å². The van der Waals surface area contributed by atoms with Crippen LogP contribution in [-0.4, -0.2) is 28.9 Å². The molecule has 0 aliphatic carbocycles. The van der Waals surface area contributed by atoms with Crippen molar-refractivity contribution < 1.29 is 9.90 Å². The normalized spacial score (nSPS) is 14.2. The molecule has 0 aliphatic heterocycles. The Kier molecular flexibility index (Phi) is 5.69. The highest BCUT2D eigenvalue weighted by Gasteiger charge is 2.32. The molecule has 1 aromatic rings. The van der Waals surface area contributed by atoms with Gasteiger partial charge >= 0.3 is 5.97 Å². The number of hydrogen-bond donors (Lipinski definition) is 2. The van der Waals surface area contributed by atoms with Crippen LogP contribution in [0.1, 0.15) is 25.8 Å². The fourth-order valence-electron chi connectivity index (χ4n) is 1.45. The average Bonchev–Trinajstić information content (AvgIpc) is 2.35. The number of aryl methyl sites for hydroxylation is 1. The highest BCUT2D eigenvalue weighted by molar-refractivity contribution is 7.99. The molecule has 0 bridgehead atoms. The minimum atomic E-state index is -0.869. The Morgan fingerprint density at radius 3 is 2.50 bits per heavy atom. The van der Waals surface area contributed by atoms with Gasteiger partial charge in [0.05, 0.1) is 0 Å². The highest BCUT2D eigenvalue weighted by Crippen LogP contribution is 2.23. The lowest BCUT2D eigenvalue weighted by Crippen LogP contribution is -2.51. The third-order valence-electron chi connectivity index (χ3n) is 2.79. The first-order valence-corrected chi connectivity index (χ1v) is 7.14. The topological polar surface area (TPSA) is 49.3 Å². The van der Waals surface area contributed by atoms with Gasteiger partial charge in [0.25, 0.3) is 0 Å². The summed E-state index contributed by atoms with van der Waals surface area (Å²) < 4.78 is 0. The molecular formula is C14H21NO2S. The van der Waals surface area contributed by atoms with E-state index in [0.717, 1.165) is 17.9 Å². The first-order valence-electron chi connectivity index (χ1n) is 6.16. The van der Waals surface area contributed by atoms with Crippen LogP contribution < -0.4 is 5.32 Å². The molecule has 1 rings (SSSR count). The molecule has 2 N–H and O–H groups in total. The number of carboxylic acid groups (broad SMARTS) is 1. The summed E-state index contributed by atoms with van der Waals surface area (Å²) in [6.07, 6.45) is 0.929. The molecule has 0 radical (unpaired) electrons. The highest BCUT2D eigenvalue weighted by atomic mass is 32.2. The van der Waals surface area contributed by atoms with Crippen LogP contribution in [0.4, 0.5) is 0 Å². The zero-order valence-corrected chi connectivity index (χ0v) is 12.0. The van der Waals surface area contributed by atoms with E-state index in [0.29, 0.717) is 5.75 Å². The number of carboxylic acids is 1. The minimum Gasteiger partial charge on any atom is -0.480 e. The number of hydrogen-bond acceptors (Lipinski definition) is 3. The maximum atomic E-state index is 11.3. The van der Waals surface area contributed by atoms with E-state index in [1.54, 1.807) is 18.7 Å². The maximum absolute atomic E-state index is 11.3. The smallest absolute Gasteiger partial charge is 0.324 e. The van der Waals surface area contributed by atoms with Gasteiger partial charge in [0.15, 0.2) is 0 Å². The van der Waals surface area contributed by atoms with Crippen LogP contribution in [0.15, 0.2) is 29.2 Å². The molecule has 3 nitrogen and oxygen atoms in total. The first-order chi connectivity index (χ1) is 8.48. The molecule has 1 unspecified atom stereocenters. The summed E-state index contributed by atoms with van der Waals surface area (Å²) in [5, 5.41) is 12.4. The molecule has 0 fully saturated rings. The van der Waals surface area contributed by atoms with Crippen molar-refractivity contribution in [3.8, 4) is 0 Å². The summed E-state index contributed by atoms with van der Waals surface area (Å²) >= 11 is 1.57. The van der Waals surface area contributed by atoms with Crippen LogP contribution in [0.25, 0.3) is 0 Å². The van der Waals surface area contributed by atoms with Gasteiger partial charge in [0, 0.05) is 10.6 Å². The van der Waals surface area contributed by atoms with Crippen molar-refractivity contribution in [1.82, 2.24) is 5.32 Å². The van der Waals surface area contributed by atoms with E-state index in [-0.39, 0.29) is 0 Å². The van der Waals surface area contributed by atoms with E-state index in [1.807, 2.05) is 38.1 Å². The first kappa shape index (κ1) is 15.1. The van der Waals surface area contributed by atoms with Crippen LogP contribution in [-0.2, 0) is 4.79 Å². The second kappa shape index (κ2) is 6.81. The maximum Gasteiger partial charge on any atom is 0.324 e. The van der Waals surface area contributed by atoms with E-state index in [2.05, 4.69) is 5.32 Å². The van der Waals surface area contributed by atoms with Crippen molar-refractivity contribution in [3.05, 3.63) is 29.8 Å². The lowest BCUT2D eigenvalue weighted by Gasteiger charge is -2.25. The lowest BCUT2D eigenvalue weighted by molar-refractivity contribution is -0.143. The van der Waals surface area contributed by atoms with Gasteiger partial charge in [0.1, 0.15) is 5.54 Å². The Morgan fingerprint density at radius 2 is 2.00 bits per heavy atom. The number of nitrogens with one attached hydrogen (secondary N) is 1. The van der Waals surface area contributed by atoms with E-state index in [1.165, 1.54) is 5.56 Å². The fraction of sp³-hybridized carbons (Fsp3) is 0.500. The largest absolute Gasteiger partial charge is 0.480 e. The molecular weight excluding hydrogens is 246 g/mol. The monoisotopic (exact) mass is 267 g/mol. The standard InChI is InChI=1S/C14H21NO2S/c1-4-9-15-14(3,13(16)17)10-18-12-7-5-11(2)6-8-12/h5-8,15H,4,9-10H2,1-3H3,(H,16,17). The molecule has 1 atom stereocenters. The Morgan fingerprint density at radius 1 is 1.39 bits per heavy atom. The predicted molar refractivity (Wildman–Crippen MR) is 76.2 cm³/mol. The number of rotatable bonds is 7. The van der Waals surface area contributed by atoms with Crippen molar-refractivity contribution in [2.75, 3.05) is 12.3 Å². The molecule has 0 saturated carbocycles. The summed E-state index contributed by atoms with van der Waals surface area (Å²) in [7, 11) is 0. The van der Waals surface area contributed by atoms with E-state index in [9.17, 15) is 9.90 Å². The SMILES string of the molecule is CCCNC(C)(CSc1ccc(C)cc1)C(=O)O. The molecule has 18 heavy (non-hydrogen) atoms. The summed E-state index contributed by atoms with van der Waals surface area (Å²) in [5.41, 5.74) is 0.343. The van der Waals surface area contributed by atoms with Crippen molar-refractivity contribution in [2.24, 2.45) is 0 Å². The van der Waals surface area contributed by atoms with Gasteiger partial charge in [-0.3, -0.25) is 4.79 Å². The van der Waals surface area contributed by atoms with Gasteiger partial charge in [-0.1, -0.05) is 24.6 Å². The van der Waals surface area contributed by atoms with Crippen LogP contribution in [0.3, 0.4) is 0 Å². The molecule has 0 aliphatic rings. The van der Waals surface area contributed by atoms with Crippen molar-refractivity contribution in [3.63, 3.8) is 0 Å². The van der Waals surface area contributed by atoms with Gasteiger partial charge in [-0.2, -0.15) is 0 Å². The number of aliphatic carboxylic acids is 1. The molecule has 0 amide bonds. The average molecular weight is 267 g/mol. The number of benzene rings is 1. The predicted octanol–water partition coefficient (Wildman–Crippen LogP) is 2.93. The van der Waals surface area contributed by atoms with E-state index < -0.39 is 11.5 Å². The second-order valence-corrected chi connectivity index (χ2v) is 5.71. The molecule has 0 aromatic heterocycles. The Hall–Kier alpha value is -1.00. The van der Waals surface area contributed by atoms with Crippen LogP contribution in [0.5, 0.6) is 0 Å². The molecule has 100 valence electrons.